The number of amidine groups is 2. The third kappa shape index (κ3) is 6.21. The fourth-order valence-electron chi connectivity index (χ4n) is 5.12. The summed E-state index contributed by atoms with van der Waals surface area (Å²) < 4.78 is 13.2. The van der Waals surface area contributed by atoms with Crippen molar-refractivity contribution in [2.75, 3.05) is 0 Å². The van der Waals surface area contributed by atoms with Crippen molar-refractivity contribution in [2.45, 2.75) is 75.7 Å². The number of thioether (sulfide) groups is 1. The highest BCUT2D eigenvalue weighted by atomic mass is 32.2. The second kappa shape index (κ2) is 12.1. The third-order valence-electron chi connectivity index (χ3n) is 7.25. The summed E-state index contributed by atoms with van der Waals surface area (Å²) in [5.41, 5.74) is 2.13. The summed E-state index contributed by atoms with van der Waals surface area (Å²) >= 11 is 1.31. The Morgan fingerprint density at radius 2 is 1.82 bits per heavy atom. The first-order chi connectivity index (χ1) is 18.9. The van der Waals surface area contributed by atoms with Gasteiger partial charge in [-0.3, -0.25) is 19.3 Å². The minimum Gasteiger partial charge on any atom is -0.352 e. The first-order valence-electron chi connectivity index (χ1n) is 13.5. The number of nitrogens with zero attached hydrogens (tertiary/aromatic N) is 3. The van der Waals surface area contributed by atoms with E-state index in [9.17, 15) is 18.8 Å². The van der Waals surface area contributed by atoms with Gasteiger partial charge in [0.25, 0.3) is 5.91 Å². The molecule has 3 aliphatic rings. The van der Waals surface area contributed by atoms with Crippen LogP contribution in [0.5, 0.6) is 0 Å². The molecular formula is C29H32FN5O3S. The van der Waals surface area contributed by atoms with E-state index in [1.54, 1.807) is 17.0 Å². The monoisotopic (exact) mass is 549 g/mol. The van der Waals surface area contributed by atoms with Gasteiger partial charge in [-0.2, -0.15) is 4.99 Å². The van der Waals surface area contributed by atoms with Crippen LogP contribution < -0.4 is 10.6 Å². The summed E-state index contributed by atoms with van der Waals surface area (Å²) in [4.78, 5) is 50.1. The fourth-order valence-corrected chi connectivity index (χ4v) is 6.20. The van der Waals surface area contributed by atoms with E-state index in [4.69, 9.17) is 4.99 Å². The maximum absolute atomic E-state index is 13.2. The number of aliphatic imine (C=N–C) groups is 2. The van der Waals surface area contributed by atoms with Crippen LogP contribution in [-0.4, -0.2) is 51.0 Å². The summed E-state index contributed by atoms with van der Waals surface area (Å²) in [6.45, 7) is 2.17. The minimum atomic E-state index is -0.869. The zero-order valence-corrected chi connectivity index (χ0v) is 22.7. The molecule has 8 nitrogen and oxygen atoms in total. The molecule has 3 amide bonds. The highest BCUT2D eigenvalue weighted by Crippen LogP contribution is 2.36. The van der Waals surface area contributed by atoms with Crippen molar-refractivity contribution >= 4 is 46.2 Å². The molecule has 0 spiro atoms. The highest BCUT2D eigenvalue weighted by Gasteiger charge is 2.43. The molecule has 0 saturated heterocycles. The smallest absolute Gasteiger partial charge is 0.271 e. The van der Waals surface area contributed by atoms with Crippen LogP contribution in [-0.2, 0) is 20.9 Å². The number of halogens is 1. The average molecular weight is 550 g/mol. The van der Waals surface area contributed by atoms with Crippen LogP contribution in [0.4, 0.5) is 10.1 Å². The topological polar surface area (TPSA) is 103 Å². The van der Waals surface area contributed by atoms with E-state index in [1.807, 2.05) is 31.2 Å². The summed E-state index contributed by atoms with van der Waals surface area (Å²) in [5.74, 6) is -0.689. The van der Waals surface area contributed by atoms with Gasteiger partial charge in [-0.1, -0.05) is 62.2 Å². The second-order valence-electron chi connectivity index (χ2n) is 10.0. The Morgan fingerprint density at radius 3 is 2.56 bits per heavy atom. The molecule has 2 N–H and O–H groups in total. The van der Waals surface area contributed by atoms with Crippen LogP contribution in [0.25, 0.3) is 0 Å². The molecule has 1 fully saturated rings. The number of nitrogens with one attached hydrogen (secondary N) is 2. The van der Waals surface area contributed by atoms with E-state index in [1.165, 1.54) is 30.3 Å². The number of fused-ring (bicyclic) bond motifs is 3. The molecule has 2 aliphatic heterocycles. The van der Waals surface area contributed by atoms with Crippen molar-refractivity contribution in [3.63, 3.8) is 0 Å². The van der Waals surface area contributed by atoms with Gasteiger partial charge < -0.3 is 10.6 Å². The molecule has 0 bridgehead atoms. The number of benzene rings is 2. The van der Waals surface area contributed by atoms with Gasteiger partial charge in [-0.25, -0.2) is 9.38 Å². The first-order valence-corrected chi connectivity index (χ1v) is 14.4. The number of rotatable bonds is 8. The highest BCUT2D eigenvalue weighted by molar-refractivity contribution is 8.15. The van der Waals surface area contributed by atoms with E-state index in [-0.39, 0.29) is 36.6 Å². The van der Waals surface area contributed by atoms with Crippen LogP contribution in [0.1, 0.15) is 63.0 Å². The predicted octanol–water partition coefficient (Wildman–Crippen LogP) is 4.45. The van der Waals surface area contributed by atoms with Gasteiger partial charge in [-0.05, 0) is 49.1 Å². The largest absolute Gasteiger partial charge is 0.352 e. The molecule has 10 heteroatoms. The van der Waals surface area contributed by atoms with E-state index in [0.29, 0.717) is 28.7 Å². The van der Waals surface area contributed by atoms with Crippen molar-refractivity contribution in [1.82, 2.24) is 15.5 Å². The molecule has 2 heterocycles. The van der Waals surface area contributed by atoms with Gasteiger partial charge in [0.05, 0.1) is 17.4 Å². The Balaban J connectivity index is 1.33. The lowest BCUT2D eigenvalue weighted by Gasteiger charge is -2.32. The zero-order chi connectivity index (χ0) is 27.4. The molecule has 0 aromatic heterocycles. The zero-order valence-electron chi connectivity index (χ0n) is 21.9. The maximum Gasteiger partial charge on any atom is 0.271 e. The van der Waals surface area contributed by atoms with Crippen molar-refractivity contribution in [2.24, 2.45) is 9.98 Å². The van der Waals surface area contributed by atoms with Crippen molar-refractivity contribution in [1.29, 1.82) is 0 Å². The SMILES string of the molecule is CCC(SC1=Nc2ccccc2C2=NC(=O)C(CC(=O)NCc3ccc(F)cc3)N12)C(=O)NC1CCCCC1. The van der Waals surface area contributed by atoms with Crippen LogP contribution in [0, 0.1) is 5.82 Å². The molecule has 5 rings (SSSR count). The molecule has 2 unspecified atom stereocenters. The number of amides is 3. The van der Waals surface area contributed by atoms with Crippen LogP contribution in [0.15, 0.2) is 58.5 Å². The maximum atomic E-state index is 13.2. The average Bonchev–Trinajstić information content (AvgIpc) is 3.27. The Morgan fingerprint density at radius 1 is 1.08 bits per heavy atom. The van der Waals surface area contributed by atoms with Gasteiger partial charge in [0, 0.05) is 18.2 Å². The lowest BCUT2D eigenvalue weighted by Crippen LogP contribution is -2.47. The molecular weight excluding hydrogens is 517 g/mol. The number of hydrogen-bond acceptors (Lipinski definition) is 6. The van der Waals surface area contributed by atoms with Gasteiger partial charge in [0.2, 0.25) is 11.8 Å². The number of carbonyl (C=O) groups is 3. The minimum absolute atomic E-state index is 0.0337. The molecule has 1 aliphatic carbocycles. The van der Waals surface area contributed by atoms with Crippen LogP contribution in [0.3, 0.4) is 0 Å². The van der Waals surface area contributed by atoms with Gasteiger partial charge in [-0.15, -0.1) is 0 Å². The molecule has 2 atom stereocenters. The predicted molar refractivity (Wildman–Crippen MR) is 150 cm³/mol. The number of hydrogen-bond donors (Lipinski definition) is 2. The standard InChI is InChI=1S/C29H32FN5O3S/c1-2-24(28(38)32-20-8-4-3-5-9-20)39-29-33-22-11-7-6-10-21(22)26-34-27(37)23(35(26)29)16-25(36)31-17-18-12-14-19(30)15-13-18/h6-7,10-15,20,23-24H,2-5,8-9,16-17H2,1H3,(H,31,36)(H,32,38). The molecule has 1 saturated carbocycles. The van der Waals surface area contributed by atoms with E-state index < -0.39 is 17.2 Å². The Hall–Kier alpha value is -3.53. The van der Waals surface area contributed by atoms with E-state index >= 15 is 0 Å². The van der Waals surface area contributed by atoms with Gasteiger partial charge in [0.15, 0.2) is 5.17 Å². The summed E-state index contributed by atoms with van der Waals surface area (Å²) in [7, 11) is 0. The van der Waals surface area contributed by atoms with E-state index in [0.717, 1.165) is 31.2 Å². The van der Waals surface area contributed by atoms with Crippen LogP contribution in [0.2, 0.25) is 0 Å². The summed E-state index contributed by atoms with van der Waals surface area (Å²) in [5, 5.41) is 6.10. The van der Waals surface area contributed by atoms with Crippen molar-refractivity contribution in [3.05, 3.63) is 65.5 Å². The Bertz CT molecular complexity index is 1310. The third-order valence-corrected chi connectivity index (χ3v) is 8.58. The van der Waals surface area contributed by atoms with Gasteiger partial charge in [0.1, 0.15) is 17.7 Å². The van der Waals surface area contributed by atoms with E-state index in [2.05, 4.69) is 15.6 Å². The molecule has 2 aromatic rings. The second-order valence-corrected chi connectivity index (χ2v) is 11.2. The number of para-hydroxylation sites is 1. The normalized spacial score (nSPS) is 19.5. The Kier molecular flexibility index (Phi) is 8.40. The molecule has 204 valence electrons. The van der Waals surface area contributed by atoms with Crippen LogP contribution >= 0.6 is 11.8 Å². The molecule has 2 aromatic carbocycles. The fraction of sp³-hybridized carbons (Fsp3) is 0.414. The van der Waals surface area contributed by atoms with Crippen molar-refractivity contribution < 1.29 is 18.8 Å². The summed E-state index contributed by atoms with van der Waals surface area (Å²) in [6, 6.07) is 12.6. The quantitative estimate of drug-likeness (QED) is 0.507. The van der Waals surface area contributed by atoms with Crippen molar-refractivity contribution in [3.8, 4) is 0 Å². The molecule has 39 heavy (non-hydrogen) atoms. The first kappa shape index (κ1) is 27.1. The lowest BCUT2D eigenvalue weighted by atomic mass is 9.95. The summed E-state index contributed by atoms with van der Waals surface area (Å²) in [6.07, 6.45) is 5.90. The lowest BCUT2D eigenvalue weighted by molar-refractivity contribution is -0.126. The number of carbonyl (C=O) groups excluding carboxylic acids is 3. The Labute approximate surface area is 231 Å². The molecule has 0 radical (unpaired) electrons. The van der Waals surface area contributed by atoms with Gasteiger partial charge >= 0.3 is 0 Å².